The summed E-state index contributed by atoms with van der Waals surface area (Å²) in [6.07, 6.45) is 1.78. The molecule has 0 saturated heterocycles. The van der Waals surface area contributed by atoms with E-state index in [1.165, 1.54) is 11.1 Å². The van der Waals surface area contributed by atoms with Gasteiger partial charge in [0.15, 0.2) is 0 Å². The highest BCUT2D eigenvalue weighted by molar-refractivity contribution is 6.11. The fourth-order valence-electron chi connectivity index (χ4n) is 2.36. The van der Waals surface area contributed by atoms with E-state index in [0.29, 0.717) is 0 Å². The highest BCUT2D eigenvalue weighted by Crippen LogP contribution is 2.18. The summed E-state index contributed by atoms with van der Waals surface area (Å²) >= 11 is 0. The van der Waals surface area contributed by atoms with Crippen molar-refractivity contribution in [2.45, 2.75) is 13.8 Å². The highest BCUT2D eigenvalue weighted by atomic mass is 15.3. The van der Waals surface area contributed by atoms with Crippen LogP contribution in [0.3, 0.4) is 0 Å². The molecule has 3 rings (SSSR count). The van der Waals surface area contributed by atoms with Crippen LogP contribution in [0.1, 0.15) is 22.4 Å². The van der Waals surface area contributed by atoms with Crippen molar-refractivity contribution in [3.8, 4) is 0 Å². The van der Waals surface area contributed by atoms with Crippen LogP contribution in [0.4, 0.5) is 5.69 Å². The number of hydrogen-bond acceptors (Lipinski definition) is 3. The van der Waals surface area contributed by atoms with Crippen molar-refractivity contribution in [3.05, 3.63) is 95.3 Å². The molecule has 1 N–H and O–H groups in total. The van der Waals surface area contributed by atoms with Gasteiger partial charge in [0.05, 0.1) is 11.4 Å². The molecule has 23 heavy (non-hydrogen) atoms. The van der Waals surface area contributed by atoms with Gasteiger partial charge in [-0.2, -0.15) is 5.10 Å². The molecule has 3 nitrogen and oxygen atoms in total. The Kier molecular flexibility index (Phi) is 4.48. The molecular weight excluding hydrogens is 282 g/mol. The van der Waals surface area contributed by atoms with Gasteiger partial charge < -0.3 is 0 Å². The maximum atomic E-state index is 4.64. The van der Waals surface area contributed by atoms with Crippen molar-refractivity contribution in [3.63, 3.8) is 0 Å². The number of hydrogen-bond donors (Lipinski definition) is 1. The second-order valence-electron chi connectivity index (χ2n) is 5.40. The fourth-order valence-corrected chi connectivity index (χ4v) is 2.36. The molecule has 0 amide bonds. The zero-order valence-corrected chi connectivity index (χ0v) is 13.3. The molecule has 0 unspecified atom stereocenters. The number of rotatable bonds is 4. The molecule has 3 aromatic rings. The van der Waals surface area contributed by atoms with Gasteiger partial charge in [0, 0.05) is 11.8 Å². The lowest BCUT2D eigenvalue weighted by Crippen LogP contribution is -2.08. The van der Waals surface area contributed by atoms with E-state index in [1.807, 2.05) is 60.7 Å². The maximum absolute atomic E-state index is 4.64. The van der Waals surface area contributed by atoms with E-state index in [9.17, 15) is 0 Å². The number of nitrogens with zero attached hydrogens (tertiary/aromatic N) is 2. The number of pyridine rings is 1. The molecule has 0 bridgehead atoms. The predicted molar refractivity (Wildman–Crippen MR) is 95.9 cm³/mol. The van der Waals surface area contributed by atoms with Crippen molar-refractivity contribution < 1.29 is 0 Å². The zero-order chi connectivity index (χ0) is 16.1. The predicted octanol–water partition coefficient (Wildman–Crippen LogP) is 4.56. The number of nitrogens with one attached hydrogen (secondary N) is 1. The Morgan fingerprint density at radius 2 is 1.65 bits per heavy atom. The number of aryl methyl sites for hydroxylation is 1. The lowest BCUT2D eigenvalue weighted by molar-refractivity contribution is 1.23. The first-order valence-electron chi connectivity index (χ1n) is 7.62. The minimum absolute atomic E-state index is 0.826. The molecule has 0 radical (unpaired) electrons. The van der Waals surface area contributed by atoms with Crippen LogP contribution >= 0.6 is 0 Å². The number of aromatic nitrogens is 1. The summed E-state index contributed by atoms with van der Waals surface area (Å²) in [6.45, 7) is 4.19. The van der Waals surface area contributed by atoms with Crippen molar-refractivity contribution in [2.24, 2.45) is 5.10 Å². The fraction of sp³-hybridized carbons (Fsp3) is 0.100. The van der Waals surface area contributed by atoms with Gasteiger partial charge in [0.1, 0.15) is 5.71 Å². The molecule has 3 heteroatoms. The summed E-state index contributed by atoms with van der Waals surface area (Å²) < 4.78 is 0. The third kappa shape index (κ3) is 3.46. The van der Waals surface area contributed by atoms with Gasteiger partial charge in [0.25, 0.3) is 0 Å². The molecule has 0 saturated carbocycles. The summed E-state index contributed by atoms with van der Waals surface area (Å²) in [5.74, 6) is 0. The van der Waals surface area contributed by atoms with Crippen LogP contribution in [-0.4, -0.2) is 10.7 Å². The van der Waals surface area contributed by atoms with E-state index >= 15 is 0 Å². The Balaban J connectivity index is 2.00. The lowest BCUT2D eigenvalue weighted by Gasteiger charge is -2.10. The summed E-state index contributed by atoms with van der Waals surface area (Å²) in [4.78, 5) is 4.44. The van der Waals surface area contributed by atoms with Gasteiger partial charge in [-0.25, -0.2) is 0 Å². The molecule has 0 aliphatic rings. The Hall–Kier alpha value is -2.94. The Morgan fingerprint density at radius 3 is 2.39 bits per heavy atom. The van der Waals surface area contributed by atoms with Crippen molar-refractivity contribution in [2.75, 3.05) is 5.43 Å². The average molecular weight is 301 g/mol. The number of hydrazone groups is 1. The van der Waals surface area contributed by atoms with Crippen LogP contribution < -0.4 is 5.43 Å². The van der Waals surface area contributed by atoms with Crippen LogP contribution in [-0.2, 0) is 0 Å². The number of benzene rings is 2. The highest BCUT2D eigenvalue weighted by Gasteiger charge is 2.08. The quantitative estimate of drug-likeness (QED) is 0.566. The first-order valence-corrected chi connectivity index (χ1v) is 7.62. The minimum Gasteiger partial charge on any atom is -0.278 e. The first kappa shape index (κ1) is 15.0. The van der Waals surface area contributed by atoms with Crippen LogP contribution in [0.25, 0.3) is 0 Å². The first-order chi connectivity index (χ1) is 11.3. The Bertz CT molecular complexity index is 767. The SMILES string of the molecule is Cc1cccc(N/N=C(/c2ccccc2)c2ccccn2)c1C. The van der Waals surface area contributed by atoms with Crippen LogP contribution in [0, 0.1) is 13.8 Å². The Morgan fingerprint density at radius 1 is 0.870 bits per heavy atom. The normalized spacial score (nSPS) is 11.3. The van der Waals surface area contributed by atoms with Crippen LogP contribution in [0.2, 0.25) is 0 Å². The third-order valence-electron chi connectivity index (χ3n) is 3.85. The molecule has 0 fully saturated rings. The summed E-state index contributed by atoms with van der Waals surface area (Å²) in [6, 6.07) is 22.1. The molecular formula is C20H19N3. The zero-order valence-electron chi connectivity index (χ0n) is 13.3. The van der Waals surface area contributed by atoms with Crippen LogP contribution in [0.5, 0.6) is 0 Å². The molecule has 0 aliphatic carbocycles. The molecule has 114 valence electrons. The minimum atomic E-state index is 0.826. The maximum Gasteiger partial charge on any atom is 0.116 e. The smallest absolute Gasteiger partial charge is 0.116 e. The van der Waals surface area contributed by atoms with E-state index in [1.54, 1.807) is 6.20 Å². The van der Waals surface area contributed by atoms with E-state index in [4.69, 9.17) is 0 Å². The molecule has 2 aromatic carbocycles. The third-order valence-corrected chi connectivity index (χ3v) is 3.85. The average Bonchev–Trinajstić information content (AvgIpc) is 2.60. The second-order valence-corrected chi connectivity index (χ2v) is 5.40. The Labute approximate surface area is 136 Å². The summed E-state index contributed by atoms with van der Waals surface area (Å²) in [5, 5.41) is 4.64. The van der Waals surface area contributed by atoms with Gasteiger partial charge in [-0.15, -0.1) is 0 Å². The monoisotopic (exact) mass is 301 g/mol. The topological polar surface area (TPSA) is 37.3 Å². The number of anilines is 1. The van der Waals surface area contributed by atoms with Gasteiger partial charge >= 0.3 is 0 Å². The van der Waals surface area contributed by atoms with Gasteiger partial charge in [-0.3, -0.25) is 10.4 Å². The standard InChI is InChI=1S/C20H19N3/c1-15-9-8-13-18(16(15)2)22-23-20(17-10-4-3-5-11-17)19-12-6-7-14-21-19/h3-14,22H,1-2H3/b23-20-. The summed E-state index contributed by atoms with van der Waals surface area (Å²) in [5.41, 5.74) is 9.35. The molecule has 1 aromatic heterocycles. The van der Waals surface area contributed by atoms with Crippen molar-refractivity contribution in [1.29, 1.82) is 0 Å². The van der Waals surface area contributed by atoms with Gasteiger partial charge in [-0.05, 0) is 43.2 Å². The molecule has 0 aliphatic heterocycles. The van der Waals surface area contributed by atoms with Crippen LogP contribution in [0.15, 0.2) is 78.0 Å². The second kappa shape index (κ2) is 6.88. The van der Waals surface area contributed by atoms with E-state index in [2.05, 4.69) is 35.4 Å². The van der Waals surface area contributed by atoms with Gasteiger partial charge in [-0.1, -0.05) is 48.5 Å². The van der Waals surface area contributed by atoms with Crippen molar-refractivity contribution >= 4 is 11.4 Å². The van der Waals surface area contributed by atoms with E-state index < -0.39 is 0 Å². The van der Waals surface area contributed by atoms with E-state index in [0.717, 1.165) is 22.7 Å². The lowest BCUT2D eigenvalue weighted by atomic mass is 10.1. The van der Waals surface area contributed by atoms with E-state index in [-0.39, 0.29) is 0 Å². The van der Waals surface area contributed by atoms with Gasteiger partial charge in [0.2, 0.25) is 0 Å². The molecule has 1 heterocycles. The summed E-state index contributed by atoms with van der Waals surface area (Å²) in [7, 11) is 0. The van der Waals surface area contributed by atoms with Crippen molar-refractivity contribution in [1.82, 2.24) is 4.98 Å². The molecule has 0 spiro atoms. The largest absolute Gasteiger partial charge is 0.278 e. The molecule has 0 atom stereocenters.